The maximum Gasteiger partial charge on any atom is 0.338 e. The number of ether oxygens (including phenoxy) is 2. The zero-order chi connectivity index (χ0) is 24.0. The number of nitrogens with two attached hydrogens (primary N) is 8. The molecule has 1 aliphatic rings. The maximum atomic E-state index is 13.0. The Labute approximate surface area is 189 Å². The molecule has 0 amide bonds. The van der Waals surface area contributed by atoms with E-state index in [9.17, 15) is 4.79 Å². The molecule has 0 saturated carbocycles. The van der Waals surface area contributed by atoms with Gasteiger partial charge in [0.15, 0.2) is 6.10 Å². The van der Waals surface area contributed by atoms with E-state index in [4.69, 9.17) is 55.3 Å². The molecule has 2 atom stereocenters. The fourth-order valence-corrected chi connectivity index (χ4v) is 3.83. The van der Waals surface area contributed by atoms with E-state index >= 15 is 0 Å². The van der Waals surface area contributed by atoms with Crippen molar-refractivity contribution >= 4 is 51.5 Å². The van der Waals surface area contributed by atoms with Crippen LogP contribution in [0.2, 0.25) is 0 Å². The van der Waals surface area contributed by atoms with Crippen LogP contribution in [0.3, 0.4) is 0 Å². The highest BCUT2D eigenvalue weighted by Crippen LogP contribution is 2.42. The van der Waals surface area contributed by atoms with Gasteiger partial charge in [-0.2, -0.15) is 0 Å². The molecule has 0 radical (unpaired) electrons. The van der Waals surface area contributed by atoms with Crippen LogP contribution >= 0.6 is 0 Å². The largest absolute Gasteiger partial charge is 0.481 e. The molecule has 1 aliphatic heterocycles. The summed E-state index contributed by atoms with van der Waals surface area (Å²) in [6.07, 6.45) is -1.31. The first-order chi connectivity index (χ1) is 15.5. The molecule has 0 aliphatic carbocycles. The van der Waals surface area contributed by atoms with E-state index < -0.39 is 18.2 Å². The standard InChI is InChI=1S/C22H26N8O3/c23-10-5-12(24)11-7-18(33-22(31)9-3-15(27)20(30)16(28)4-9)21(32-17(11)6-10)8-1-13(25)19(29)14(26)2-8/h1-6,18,21H,7,23-30H2/t18-,21-/m1/s1. The Morgan fingerprint density at radius 3 is 1.88 bits per heavy atom. The van der Waals surface area contributed by atoms with E-state index in [1.165, 1.54) is 12.1 Å². The van der Waals surface area contributed by atoms with Crippen molar-refractivity contribution in [2.75, 3.05) is 45.9 Å². The van der Waals surface area contributed by atoms with E-state index in [0.29, 0.717) is 28.3 Å². The van der Waals surface area contributed by atoms with Crippen molar-refractivity contribution in [3.05, 3.63) is 53.1 Å². The average Bonchev–Trinajstić information content (AvgIpc) is 2.75. The normalized spacial score (nSPS) is 17.1. The maximum absolute atomic E-state index is 13.0. The van der Waals surface area contributed by atoms with Crippen molar-refractivity contribution in [2.24, 2.45) is 0 Å². The van der Waals surface area contributed by atoms with Crippen LogP contribution in [0.5, 0.6) is 5.75 Å². The van der Waals surface area contributed by atoms with Crippen molar-refractivity contribution in [2.45, 2.75) is 18.6 Å². The Balaban J connectivity index is 1.75. The number of rotatable bonds is 3. The molecule has 0 saturated heterocycles. The molecule has 33 heavy (non-hydrogen) atoms. The number of hydrogen-bond donors (Lipinski definition) is 8. The van der Waals surface area contributed by atoms with Crippen molar-refractivity contribution < 1.29 is 14.3 Å². The molecule has 11 heteroatoms. The van der Waals surface area contributed by atoms with Crippen LogP contribution in [0.25, 0.3) is 0 Å². The number of hydrogen-bond acceptors (Lipinski definition) is 11. The molecule has 0 bridgehead atoms. The highest BCUT2D eigenvalue weighted by atomic mass is 16.6. The Morgan fingerprint density at radius 2 is 1.30 bits per heavy atom. The molecule has 172 valence electrons. The van der Waals surface area contributed by atoms with Crippen LogP contribution in [0.15, 0.2) is 36.4 Å². The minimum Gasteiger partial charge on any atom is -0.481 e. The predicted octanol–water partition coefficient (Wildman–Crippen LogP) is 1.25. The van der Waals surface area contributed by atoms with Crippen molar-refractivity contribution in [3.8, 4) is 5.75 Å². The lowest BCUT2D eigenvalue weighted by Gasteiger charge is -2.34. The summed E-state index contributed by atoms with van der Waals surface area (Å²) in [5.41, 5.74) is 51.0. The minimum atomic E-state index is -0.793. The Kier molecular flexibility index (Phi) is 5.09. The molecule has 1 heterocycles. The number of esters is 1. The van der Waals surface area contributed by atoms with Crippen LogP contribution in [-0.4, -0.2) is 12.1 Å². The lowest BCUT2D eigenvalue weighted by molar-refractivity contribution is -0.0180. The van der Waals surface area contributed by atoms with E-state index in [0.717, 1.165) is 0 Å². The average molecular weight is 451 g/mol. The molecule has 0 aromatic heterocycles. The molecule has 0 spiro atoms. The second-order valence-corrected chi connectivity index (χ2v) is 7.95. The zero-order valence-electron chi connectivity index (χ0n) is 17.7. The smallest absolute Gasteiger partial charge is 0.338 e. The summed E-state index contributed by atoms with van der Waals surface area (Å²) < 4.78 is 12.0. The van der Waals surface area contributed by atoms with Gasteiger partial charge in [0, 0.05) is 35.0 Å². The lowest BCUT2D eigenvalue weighted by Crippen LogP contribution is -2.35. The highest BCUT2D eigenvalue weighted by molar-refractivity contribution is 5.95. The number of benzene rings is 3. The molecule has 3 aromatic rings. The van der Waals surface area contributed by atoms with Crippen molar-refractivity contribution in [1.82, 2.24) is 0 Å². The first-order valence-electron chi connectivity index (χ1n) is 9.99. The monoisotopic (exact) mass is 450 g/mol. The number of carbonyl (C=O) groups excluding carboxylic acids is 1. The van der Waals surface area contributed by atoms with E-state index in [2.05, 4.69) is 0 Å². The second-order valence-electron chi connectivity index (χ2n) is 7.95. The summed E-state index contributed by atoms with van der Waals surface area (Å²) in [6.45, 7) is 0. The SMILES string of the molecule is Nc1cc(N)c2c(c1)O[C@H](c1cc(N)c(N)c(N)c1)[C@H](OC(=O)c1cc(N)c(N)c(N)c1)C2. The molecule has 11 nitrogen and oxygen atoms in total. The third-order valence-electron chi connectivity index (χ3n) is 5.60. The first kappa shape index (κ1) is 21.6. The number of carbonyl (C=O) groups is 1. The van der Waals surface area contributed by atoms with Gasteiger partial charge in [-0.3, -0.25) is 0 Å². The third-order valence-corrected chi connectivity index (χ3v) is 5.60. The summed E-state index contributed by atoms with van der Waals surface area (Å²) in [6, 6.07) is 9.31. The number of fused-ring (bicyclic) bond motifs is 1. The molecule has 4 rings (SSSR count). The van der Waals surface area contributed by atoms with Gasteiger partial charge in [0.1, 0.15) is 11.9 Å². The molecular formula is C22H26N8O3. The fraction of sp³-hybridized carbons (Fsp3) is 0.136. The quantitative estimate of drug-likeness (QED) is 0.208. The van der Waals surface area contributed by atoms with E-state index in [1.807, 2.05) is 0 Å². The summed E-state index contributed by atoms with van der Waals surface area (Å²) in [4.78, 5) is 13.0. The van der Waals surface area contributed by atoms with Crippen LogP contribution in [0.1, 0.15) is 27.6 Å². The van der Waals surface area contributed by atoms with Gasteiger partial charge in [-0.05, 0) is 30.3 Å². The Hall–Kier alpha value is -4.67. The van der Waals surface area contributed by atoms with Crippen LogP contribution in [-0.2, 0) is 11.2 Å². The second kappa shape index (κ2) is 7.79. The fourth-order valence-electron chi connectivity index (χ4n) is 3.83. The lowest BCUT2D eigenvalue weighted by atomic mass is 9.92. The van der Waals surface area contributed by atoms with Crippen LogP contribution in [0, 0.1) is 0 Å². The van der Waals surface area contributed by atoms with Crippen LogP contribution < -0.4 is 50.6 Å². The van der Waals surface area contributed by atoms with Gasteiger partial charge < -0.3 is 55.3 Å². The number of anilines is 8. The molecule has 3 aromatic carbocycles. The van der Waals surface area contributed by atoms with Gasteiger partial charge in [0.05, 0.1) is 39.7 Å². The Morgan fingerprint density at radius 1 is 0.758 bits per heavy atom. The molecule has 0 unspecified atom stereocenters. The van der Waals surface area contributed by atoms with Gasteiger partial charge in [-0.15, -0.1) is 0 Å². The van der Waals surface area contributed by atoms with Gasteiger partial charge in [-0.25, -0.2) is 4.79 Å². The topological polar surface area (TPSA) is 244 Å². The molecule has 0 fully saturated rings. The third kappa shape index (κ3) is 3.87. The minimum absolute atomic E-state index is 0.144. The summed E-state index contributed by atoms with van der Waals surface area (Å²) in [7, 11) is 0. The zero-order valence-corrected chi connectivity index (χ0v) is 17.7. The number of nitrogen functional groups attached to an aromatic ring is 8. The summed E-state index contributed by atoms with van der Waals surface area (Å²) >= 11 is 0. The van der Waals surface area contributed by atoms with Gasteiger partial charge in [-0.1, -0.05) is 0 Å². The summed E-state index contributed by atoms with van der Waals surface area (Å²) in [5.74, 6) is -0.194. The predicted molar refractivity (Wildman–Crippen MR) is 131 cm³/mol. The van der Waals surface area contributed by atoms with E-state index in [-0.39, 0.29) is 46.1 Å². The van der Waals surface area contributed by atoms with Gasteiger partial charge >= 0.3 is 5.97 Å². The first-order valence-corrected chi connectivity index (χ1v) is 9.99. The highest BCUT2D eigenvalue weighted by Gasteiger charge is 2.36. The van der Waals surface area contributed by atoms with Crippen molar-refractivity contribution in [3.63, 3.8) is 0 Å². The van der Waals surface area contributed by atoms with E-state index in [1.54, 1.807) is 24.3 Å². The van der Waals surface area contributed by atoms with Crippen LogP contribution in [0.4, 0.5) is 45.5 Å². The van der Waals surface area contributed by atoms with Gasteiger partial charge in [0.2, 0.25) is 0 Å². The molecular weight excluding hydrogens is 424 g/mol. The Bertz CT molecular complexity index is 1230. The van der Waals surface area contributed by atoms with Gasteiger partial charge in [0.25, 0.3) is 0 Å². The summed E-state index contributed by atoms with van der Waals surface area (Å²) in [5, 5.41) is 0. The van der Waals surface area contributed by atoms with Crippen molar-refractivity contribution in [1.29, 1.82) is 0 Å². The molecule has 16 N–H and O–H groups in total.